The number of aromatic nitrogens is 3. The predicted octanol–water partition coefficient (Wildman–Crippen LogP) is 4.09. The number of anilines is 1. The van der Waals surface area contributed by atoms with Crippen molar-refractivity contribution >= 4 is 22.5 Å². The molecule has 0 fully saturated rings. The van der Waals surface area contributed by atoms with E-state index in [9.17, 15) is 14.0 Å². The van der Waals surface area contributed by atoms with Gasteiger partial charge in [0, 0.05) is 17.1 Å². The third kappa shape index (κ3) is 3.61. The van der Waals surface area contributed by atoms with Crippen LogP contribution in [0.15, 0.2) is 53.3 Å². The zero-order chi connectivity index (χ0) is 21.4. The first-order valence-corrected chi connectivity index (χ1v) is 9.56. The Kier molecular flexibility index (Phi) is 4.95. The third-order valence-corrected chi connectivity index (χ3v) is 5.11. The standard InChI is InChI=1S/C23H21FN4O2/c1-13-11-20(29)18-5-4-6-19(22(18)25-13)23(30)26-21-14(2)27-28(15(21)3)12-16-7-9-17(24)10-8-16/h4-11H,12H2,1-3H3,(H,25,29)(H,26,30). The van der Waals surface area contributed by atoms with Crippen LogP contribution in [-0.4, -0.2) is 20.7 Å². The average molecular weight is 404 g/mol. The van der Waals surface area contributed by atoms with Crippen LogP contribution >= 0.6 is 0 Å². The van der Waals surface area contributed by atoms with Gasteiger partial charge in [-0.3, -0.25) is 14.3 Å². The van der Waals surface area contributed by atoms with Crippen molar-refractivity contribution in [2.24, 2.45) is 0 Å². The molecule has 0 unspecified atom stereocenters. The van der Waals surface area contributed by atoms with Crippen molar-refractivity contribution in [3.8, 4) is 0 Å². The highest BCUT2D eigenvalue weighted by atomic mass is 19.1. The summed E-state index contributed by atoms with van der Waals surface area (Å²) in [4.78, 5) is 28.4. The topological polar surface area (TPSA) is 79.8 Å². The van der Waals surface area contributed by atoms with E-state index >= 15 is 0 Å². The lowest BCUT2D eigenvalue weighted by Crippen LogP contribution is -2.16. The van der Waals surface area contributed by atoms with Crippen LogP contribution in [0.2, 0.25) is 0 Å². The molecular weight excluding hydrogens is 383 g/mol. The summed E-state index contributed by atoms with van der Waals surface area (Å²) in [5.74, 6) is -0.613. The number of hydrogen-bond donors (Lipinski definition) is 2. The molecule has 7 heteroatoms. The Morgan fingerprint density at radius 1 is 1.13 bits per heavy atom. The van der Waals surface area contributed by atoms with E-state index in [1.165, 1.54) is 18.2 Å². The van der Waals surface area contributed by atoms with Crippen LogP contribution in [0.4, 0.5) is 10.1 Å². The molecule has 2 aromatic carbocycles. The second-order valence-corrected chi connectivity index (χ2v) is 7.33. The van der Waals surface area contributed by atoms with Crippen LogP contribution in [0.5, 0.6) is 0 Å². The second-order valence-electron chi connectivity index (χ2n) is 7.33. The summed E-state index contributed by atoms with van der Waals surface area (Å²) < 4.78 is 14.9. The minimum absolute atomic E-state index is 0.129. The molecule has 0 atom stereocenters. The van der Waals surface area contributed by atoms with Crippen LogP contribution in [-0.2, 0) is 6.54 Å². The number of carbonyl (C=O) groups excluding carboxylic acids is 1. The first-order chi connectivity index (χ1) is 14.3. The molecule has 2 N–H and O–H groups in total. The number of halogens is 1. The van der Waals surface area contributed by atoms with Crippen molar-refractivity contribution < 1.29 is 9.18 Å². The molecule has 0 bridgehead atoms. The summed E-state index contributed by atoms with van der Waals surface area (Å²) in [5, 5.41) is 7.92. The molecule has 0 spiro atoms. The first-order valence-electron chi connectivity index (χ1n) is 9.56. The summed E-state index contributed by atoms with van der Waals surface area (Å²) in [6.45, 7) is 5.93. The molecular formula is C23H21FN4O2. The summed E-state index contributed by atoms with van der Waals surface area (Å²) >= 11 is 0. The fourth-order valence-corrected chi connectivity index (χ4v) is 3.56. The molecule has 4 rings (SSSR count). The van der Waals surface area contributed by atoms with Crippen LogP contribution in [0, 0.1) is 26.6 Å². The number of nitrogens with one attached hydrogen (secondary N) is 2. The highest BCUT2D eigenvalue weighted by molar-refractivity contribution is 6.12. The second kappa shape index (κ2) is 7.59. The number of para-hydroxylation sites is 1. The number of aromatic amines is 1. The molecule has 0 aliphatic heterocycles. The maximum Gasteiger partial charge on any atom is 0.257 e. The maximum atomic E-state index is 13.1. The highest BCUT2D eigenvalue weighted by Crippen LogP contribution is 2.23. The van der Waals surface area contributed by atoms with Gasteiger partial charge < -0.3 is 10.3 Å². The number of benzene rings is 2. The monoisotopic (exact) mass is 404 g/mol. The molecule has 2 aromatic heterocycles. The van der Waals surface area contributed by atoms with Crippen LogP contribution in [0.3, 0.4) is 0 Å². The smallest absolute Gasteiger partial charge is 0.257 e. The van der Waals surface area contributed by atoms with E-state index in [2.05, 4.69) is 15.4 Å². The number of fused-ring (bicyclic) bond motifs is 1. The van der Waals surface area contributed by atoms with Gasteiger partial charge in [-0.15, -0.1) is 0 Å². The summed E-state index contributed by atoms with van der Waals surface area (Å²) in [6.07, 6.45) is 0. The SMILES string of the molecule is Cc1cc(=O)c2cccc(C(=O)Nc3c(C)nn(Cc4ccc(F)cc4)c3C)c2[nH]1. The lowest BCUT2D eigenvalue weighted by atomic mass is 10.1. The minimum atomic E-state index is -0.325. The first kappa shape index (κ1) is 19.6. The van der Waals surface area contributed by atoms with E-state index in [0.29, 0.717) is 40.1 Å². The largest absolute Gasteiger partial charge is 0.358 e. The number of carbonyl (C=O) groups is 1. The predicted molar refractivity (Wildman–Crippen MR) is 114 cm³/mol. The van der Waals surface area contributed by atoms with E-state index < -0.39 is 0 Å². The van der Waals surface area contributed by atoms with Crippen molar-refractivity contribution in [1.82, 2.24) is 14.8 Å². The lowest BCUT2D eigenvalue weighted by molar-refractivity contribution is 0.102. The minimum Gasteiger partial charge on any atom is -0.358 e. The van der Waals surface area contributed by atoms with E-state index in [0.717, 1.165) is 11.3 Å². The molecule has 6 nitrogen and oxygen atoms in total. The van der Waals surface area contributed by atoms with Crippen molar-refractivity contribution in [2.75, 3.05) is 5.32 Å². The Labute approximate surface area is 172 Å². The molecule has 4 aromatic rings. The quantitative estimate of drug-likeness (QED) is 0.538. The highest BCUT2D eigenvalue weighted by Gasteiger charge is 2.18. The van der Waals surface area contributed by atoms with Crippen molar-refractivity contribution in [3.63, 3.8) is 0 Å². The zero-order valence-corrected chi connectivity index (χ0v) is 16.9. The third-order valence-electron chi connectivity index (χ3n) is 5.11. The van der Waals surface area contributed by atoms with Crippen molar-refractivity contribution in [3.05, 3.63) is 92.8 Å². The fraction of sp³-hybridized carbons (Fsp3) is 0.174. The number of aryl methyl sites for hydroxylation is 2. The van der Waals surface area contributed by atoms with Crippen LogP contribution in [0.25, 0.3) is 10.9 Å². The Bertz CT molecular complexity index is 1320. The van der Waals surface area contributed by atoms with Gasteiger partial charge in [-0.25, -0.2) is 4.39 Å². The molecule has 2 heterocycles. The summed E-state index contributed by atoms with van der Waals surface area (Å²) in [7, 11) is 0. The fourth-order valence-electron chi connectivity index (χ4n) is 3.56. The Morgan fingerprint density at radius 2 is 1.87 bits per heavy atom. The number of hydrogen-bond acceptors (Lipinski definition) is 3. The van der Waals surface area contributed by atoms with Crippen LogP contribution < -0.4 is 10.7 Å². The van der Waals surface area contributed by atoms with E-state index in [-0.39, 0.29) is 17.2 Å². The molecule has 0 aliphatic rings. The van der Waals surface area contributed by atoms with Gasteiger partial charge in [0.25, 0.3) is 5.91 Å². The van der Waals surface area contributed by atoms with Gasteiger partial charge in [0.1, 0.15) is 5.82 Å². The van der Waals surface area contributed by atoms with Crippen LogP contribution in [0.1, 0.15) is 33.0 Å². The zero-order valence-electron chi connectivity index (χ0n) is 16.9. The molecule has 1 amide bonds. The maximum absolute atomic E-state index is 13.1. The molecule has 0 radical (unpaired) electrons. The van der Waals surface area contributed by atoms with Gasteiger partial charge in [0.2, 0.25) is 0 Å². The van der Waals surface area contributed by atoms with Gasteiger partial charge in [0.05, 0.1) is 34.7 Å². The Balaban J connectivity index is 1.66. The lowest BCUT2D eigenvalue weighted by Gasteiger charge is -2.10. The number of rotatable bonds is 4. The number of amides is 1. The Morgan fingerprint density at radius 3 is 2.60 bits per heavy atom. The molecule has 0 saturated heterocycles. The van der Waals surface area contributed by atoms with E-state index in [1.54, 1.807) is 41.9 Å². The van der Waals surface area contributed by atoms with Gasteiger partial charge >= 0.3 is 0 Å². The van der Waals surface area contributed by atoms with Crippen molar-refractivity contribution in [1.29, 1.82) is 0 Å². The van der Waals surface area contributed by atoms with Crippen molar-refractivity contribution in [2.45, 2.75) is 27.3 Å². The molecule has 152 valence electrons. The normalized spacial score (nSPS) is 11.1. The van der Waals surface area contributed by atoms with E-state index in [1.807, 2.05) is 13.8 Å². The summed E-state index contributed by atoms with van der Waals surface area (Å²) in [5.41, 5.74) is 4.44. The Hall–Kier alpha value is -3.74. The van der Waals surface area contributed by atoms with Gasteiger partial charge in [-0.2, -0.15) is 5.10 Å². The van der Waals surface area contributed by atoms with Gasteiger partial charge in [-0.1, -0.05) is 18.2 Å². The number of pyridine rings is 1. The van der Waals surface area contributed by atoms with Gasteiger partial charge in [-0.05, 0) is 50.6 Å². The number of nitrogens with zero attached hydrogens (tertiary/aromatic N) is 2. The average Bonchev–Trinajstić information content (AvgIpc) is 2.96. The number of H-pyrrole nitrogens is 1. The molecule has 0 saturated carbocycles. The molecule has 30 heavy (non-hydrogen) atoms. The molecule has 0 aliphatic carbocycles. The van der Waals surface area contributed by atoms with E-state index in [4.69, 9.17) is 0 Å². The van der Waals surface area contributed by atoms with Gasteiger partial charge in [0.15, 0.2) is 5.43 Å². The summed E-state index contributed by atoms with van der Waals surface area (Å²) in [6, 6.07) is 12.8.